The number of nitrogens with one attached hydrogen (secondary N) is 2. The van der Waals surface area contributed by atoms with Crippen molar-refractivity contribution in [2.24, 2.45) is 0 Å². The first-order valence-corrected chi connectivity index (χ1v) is 7.20. The molecule has 2 aromatic carbocycles. The summed E-state index contributed by atoms with van der Waals surface area (Å²) in [7, 11) is 0. The van der Waals surface area contributed by atoms with Crippen LogP contribution in [0.25, 0.3) is 11.1 Å². The van der Waals surface area contributed by atoms with Gasteiger partial charge in [0.05, 0.1) is 13.2 Å². The second kappa shape index (κ2) is 13.5. The predicted molar refractivity (Wildman–Crippen MR) is 91.0 cm³/mol. The summed E-state index contributed by atoms with van der Waals surface area (Å²) in [6, 6.07) is 16.2. The Balaban J connectivity index is 0.000000772. The van der Waals surface area contributed by atoms with E-state index in [-0.39, 0.29) is 0 Å². The highest BCUT2D eigenvalue weighted by molar-refractivity contribution is 5.66. The lowest BCUT2D eigenvalue weighted by Gasteiger charge is -2.08. The van der Waals surface area contributed by atoms with Gasteiger partial charge >= 0.3 is 0 Å². The largest absolute Gasteiger partial charge is 0.494 e. The molecule has 0 aromatic heterocycles. The molecule has 0 aliphatic heterocycles. The first kappa shape index (κ1) is 20.8. The highest BCUT2D eigenvalue weighted by atomic mass is 16.5. The Morgan fingerprint density at radius 1 is 0.792 bits per heavy atom. The topological polar surface area (TPSA) is 100 Å². The van der Waals surface area contributed by atoms with Gasteiger partial charge in [0.15, 0.2) is 0 Å². The van der Waals surface area contributed by atoms with E-state index in [9.17, 15) is 0 Å². The van der Waals surface area contributed by atoms with E-state index in [0.717, 1.165) is 34.8 Å². The third-order valence-electron chi connectivity index (χ3n) is 2.62. The Labute approximate surface area is 141 Å². The van der Waals surface area contributed by atoms with Crippen LogP contribution in [-0.2, 0) is 9.59 Å². The van der Waals surface area contributed by atoms with Crippen molar-refractivity contribution < 1.29 is 19.1 Å². The molecule has 0 amide bonds. The van der Waals surface area contributed by atoms with Gasteiger partial charge in [-0.15, -0.1) is 0 Å². The zero-order valence-electron chi connectivity index (χ0n) is 13.7. The quantitative estimate of drug-likeness (QED) is 0.641. The van der Waals surface area contributed by atoms with Gasteiger partial charge in [-0.2, -0.15) is 0 Å². The summed E-state index contributed by atoms with van der Waals surface area (Å²) in [5, 5.41) is 10.8. The number of isocyanates is 2. The first-order chi connectivity index (χ1) is 11.7. The summed E-state index contributed by atoms with van der Waals surface area (Å²) in [4.78, 5) is 16.7. The average molecular weight is 328 g/mol. The normalized spacial score (nSPS) is 8.25. The van der Waals surface area contributed by atoms with Gasteiger partial charge < -0.3 is 9.47 Å². The van der Waals surface area contributed by atoms with Gasteiger partial charge in [0.1, 0.15) is 11.5 Å². The van der Waals surface area contributed by atoms with E-state index < -0.39 is 0 Å². The summed E-state index contributed by atoms with van der Waals surface area (Å²) in [5.41, 5.74) is 2.28. The number of rotatable bonds is 5. The fourth-order valence-corrected chi connectivity index (χ4v) is 1.86. The molecule has 0 saturated heterocycles. The molecule has 2 aromatic rings. The predicted octanol–water partition coefficient (Wildman–Crippen LogP) is 3.95. The van der Waals surface area contributed by atoms with Crippen molar-refractivity contribution >= 4 is 12.2 Å². The van der Waals surface area contributed by atoms with Crippen LogP contribution < -0.4 is 9.47 Å². The van der Waals surface area contributed by atoms with E-state index in [2.05, 4.69) is 24.3 Å². The minimum atomic E-state index is 0.683. The van der Waals surface area contributed by atoms with E-state index in [0.29, 0.717) is 13.2 Å². The van der Waals surface area contributed by atoms with E-state index in [4.69, 9.17) is 29.9 Å². The molecule has 0 atom stereocenters. The van der Waals surface area contributed by atoms with Crippen molar-refractivity contribution in [1.29, 1.82) is 10.8 Å². The molecule has 0 heterocycles. The molecular weight excluding hydrogens is 308 g/mol. The van der Waals surface area contributed by atoms with Crippen molar-refractivity contribution in [2.75, 3.05) is 13.2 Å². The molecule has 0 bridgehead atoms. The number of hydrogen-bond acceptors (Lipinski definition) is 6. The van der Waals surface area contributed by atoms with Crippen LogP contribution in [0.4, 0.5) is 0 Å². The highest BCUT2D eigenvalue weighted by Gasteiger charge is 2.01. The molecule has 0 fully saturated rings. The van der Waals surface area contributed by atoms with E-state index in [1.165, 1.54) is 0 Å². The van der Waals surface area contributed by atoms with Crippen LogP contribution in [0.1, 0.15) is 13.8 Å². The molecule has 24 heavy (non-hydrogen) atoms. The van der Waals surface area contributed by atoms with Gasteiger partial charge in [-0.05, 0) is 49.2 Å². The fraction of sp³-hybridized carbons (Fsp3) is 0.222. The zero-order valence-corrected chi connectivity index (χ0v) is 13.7. The number of ether oxygens (including phenoxy) is 2. The minimum absolute atomic E-state index is 0.683. The van der Waals surface area contributed by atoms with Gasteiger partial charge in [-0.3, -0.25) is 0 Å². The fourth-order valence-electron chi connectivity index (χ4n) is 1.86. The van der Waals surface area contributed by atoms with Crippen molar-refractivity contribution in [1.82, 2.24) is 0 Å². The second-order valence-electron chi connectivity index (χ2n) is 4.13. The number of carbonyl (C=O) groups excluding carboxylic acids is 2. The monoisotopic (exact) mass is 328 g/mol. The molecule has 0 radical (unpaired) electrons. The standard InChI is InChI=1S/C16H18O2.2CHNO/c1-3-17-15-9-5-7-13(11-15)14-8-6-10-16(12-14)18-4-2;2*2-1-3/h5-12H,3-4H2,1-2H3;2*2H. The maximum atomic E-state index is 8.35. The molecule has 0 aliphatic carbocycles. The van der Waals surface area contributed by atoms with Gasteiger partial charge in [0.2, 0.25) is 12.2 Å². The Kier molecular flexibility index (Phi) is 11.7. The molecule has 126 valence electrons. The SMILES string of the molecule is CCOc1cccc(-c2cccc(OCC)c2)c1.N=C=O.N=C=O. The molecule has 2 N–H and O–H groups in total. The van der Waals surface area contributed by atoms with Gasteiger partial charge in [-0.1, -0.05) is 24.3 Å². The lowest BCUT2D eigenvalue weighted by molar-refractivity contribution is 0.339. The number of benzene rings is 2. The lowest BCUT2D eigenvalue weighted by Crippen LogP contribution is -1.92. The van der Waals surface area contributed by atoms with Crippen LogP contribution in [0.2, 0.25) is 0 Å². The smallest absolute Gasteiger partial charge is 0.231 e. The molecular formula is C18H20N2O4. The summed E-state index contributed by atoms with van der Waals surface area (Å²) in [5.74, 6) is 1.80. The van der Waals surface area contributed by atoms with E-state index >= 15 is 0 Å². The number of hydrogen-bond donors (Lipinski definition) is 2. The molecule has 0 spiro atoms. The lowest BCUT2D eigenvalue weighted by atomic mass is 10.1. The third-order valence-corrected chi connectivity index (χ3v) is 2.62. The van der Waals surface area contributed by atoms with Crippen molar-refractivity contribution in [3.05, 3.63) is 48.5 Å². The minimum Gasteiger partial charge on any atom is -0.494 e. The van der Waals surface area contributed by atoms with Crippen molar-refractivity contribution in [2.45, 2.75) is 13.8 Å². The molecule has 0 saturated carbocycles. The Morgan fingerprint density at radius 2 is 1.12 bits per heavy atom. The Hall–Kier alpha value is -3.20. The maximum absolute atomic E-state index is 8.35. The van der Waals surface area contributed by atoms with Crippen LogP contribution in [0.5, 0.6) is 11.5 Å². The molecule has 6 heteroatoms. The van der Waals surface area contributed by atoms with Crippen LogP contribution in [-0.4, -0.2) is 25.4 Å². The summed E-state index contributed by atoms with van der Waals surface area (Å²) >= 11 is 0. The summed E-state index contributed by atoms with van der Waals surface area (Å²) in [6.07, 6.45) is 1.50. The Bertz CT molecular complexity index is 615. The third kappa shape index (κ3) is 8.29. The molecule has 2 rings (SSSR count). The van der Waals surface area contributed by atoms with E-state index in [1.54, 1.807) is 0 Å². The van der Waals surface area contributed by atoms with Crippen LogP contribution in [0.15, 0.2) is 48.5 Å². The maximum Gasteiger partial charge on any atom is 0.231 e. The van der Waals surface area contributed by atoms with Crippen LogP contribution >= 0.6 is 0 Å². The average Bonchev–Trinajstić information content (AvgIpc) is 2.58. The molecule has 6 nitrogen and oxygen atoms in total. The Morgan fingerprint density at radius 3 is 1.42 bits per heavy atom. The van der Waals surface area contributed by atoms with Gasteiger partial charge in [-0.25, -0.2) is 20.4 Å². The van der Waals surface area contributed by atoms with E-state index in [1.807, 2.05) is 38.1 Å². The summed E-state index contributed by atoms with van der Waals surface area (Å²) in [6.45, 7) is 5.34. The van der Waals surface area contributed by atoms with Crippen molar-refractivity contribution in [3.8, 4) is 22.6 Å². The van der Waals surface area contributed by atoms with Gasteiger partial charge in [0.25, 0.3) is 0 Å². The first-order valence-electron chi connectivity index (χ1n) is 7.20. The molecule has 0 unspecified atom stereocenters. The summed E-state index contributed by atoms with van der Waals surface area (Å²) < 4.78 is 11.0. The van der Waals surface area contributed by atoms with Crippen molar-refractivity contribution in [3.63, 3.8) is 0 Å². The highest BCUT2D eigenvalue weighted by Crippen LogP contribution is 2.26. The molecule has 0 aliphatic rings. The van der Waals surface area contributed by atoms with Crippen LogP contribution in [0.3, 0.4) is 0 Å². The second-order valence-corrected chi connectivity index (χ2v) is 4.13. The zero-order chi connectivity index (χ0) is 18.2. The van der Waals surface area contributed by atoms with Gasteiger partial charge in [0, 0.05) is 0 Å². The van der Waals surface area contributed by atoms with Crippen LogP contribution in [0, 0.1) is 10.8 Å².